The van der Waals surface area contributed by atoms with Gasteiger partial charge in [-0.15, -0.1) is 0 Å². The van der Waals surface area contributed by atoms with Crippen molar-refractivity contribution in [2.24, 2.45) is 0 Å². The number of rotatable bonds is 6. The summed E-state index contributed by atoms with van der Waals surface area (Å²) in [7, 11) is 0. The summed E-state index contributed by atoms with van der Waals surface area (Å²) in [5.74, 6) is 0.226. The predicted molar refractivity (Wildman–Crippen MR) is 54.4 cm³/mol. The van der Waals surface area contributed by atoms with Crippen LogP contribution in [-0.2, 0) is 4.74 Å². The Morgan fingerprint density at radius 3 is 2.53 bits per heavy atom. The Morgan fingerprint density at radius 1 is 1.27 bits per heavy atom. The molecule has 0 aliphatic heterocycles. The maximum absolute atomic E-state index is 12.5. The third-order valence-corrected chi connectivity index (χ3v) is 1.77. The van der Waals surface area contributed by atoms with Gasteiger partial charge < -0.3 is 14.6 Å². The molecule has 0 amide bonds. The van der Waals surface area contributed by atoms with E-state index in [9.17, 15) is 9.50 Å². The highest BCUT2D eigenvalue weighted by Crippen LogP contribution is 2.11. The average molecular weight is 214 g/mol. The Labute approximate surface area is 88.4 Å². The van der Waals surface area contributed by atoms with Gasteiger partial charge in [-0.1, -0.05) is 0 Å². The van der Waals surface area contributed by atoms with Crippen LogP contribution in [0.5, 0.6) is 5.75 Å². The van der Waals surface area contributed by atoms with Crippen molar-refractivity contribution < 1.29 is 19.0 Å². The minimum absolute atomic E-state index is 0.144. The summed E-state index contributed by atoms with van der Waals surface area (Å²) >= 11 is 0. The zero-order valence-electron chi connectivity index (χ0n) is 8.65. The third-order valence-electron chi connectivity index (χ3n) is 1.77. The lowest BCUT2D eigenvalue weighted by atomic mass is 10.3. The van der Waals surface area contributed by atoms with E-state index < -0.39 is 6.10 Å². The van der Waals surface area contributed by atoms with Crippen LogP contribution in [0.4, 0.5) is 4.39 Å². The van der Waals surface area contributed by atoms with Gasteiger partial charge in [0.15, 0.2) is 0 Å². The number of ether oxygens (including phenoxy) is 2. The molecule has 0 saturated heterocycles. The van der Waals surface area contributed by atoms with Gasteiger partial charge in [0.2, 0.25) is 0 Å². The first-order valence-corrected chi connectivity index (χ1v) is 4.86. The van der Waals surface area contributed by atoms with Crippen molar-refractivity contribution in [2.75, 3.05) is 19.8 Å². The van der Waals surface area contributed by atoms with Gasteiger partial charge in [-0.25, -0.2) is 4.39 Å². The van der Waals surface area contributed by atoms with Gasteiger partial charge in [0.1, 0.15) is 24.3 Å². The van der Waals surface area contributed by atoms with E-state index in [-0.39, 0.29) is 19.0 Å². The van der Waals surface area contributed by atoms with Gasteiger partial charge in [-0.05, 0) is 31.2 Å². The average Bonchev–Trinajstić information content (AvgIpc) is 2.25. The molecule has 0 heterocycles. The Morgan fingerprint density at radius 2 is 1.93 bits per heavy atom. The maximum Gasteiger partial charge on any atom is 0.123 e. The fourth-order valence-corrected chi connectivity index (χ4v) is 1.03. The molecule has 1 N–H and O–H groups in total. The summed E-state index contributed by atoms with van der Waals surface area (Å²) in [5.41, 5.74) is 0. The predicted octanol–water partition coefficient (Wildman–Crippen LogP) is 1.60. The van der Waals surface area contributed by atoms with Gasteiger partial charge in [-0.2, -0.15) is 0 Å². The van der Waals surface area contributed by atoms with E-state index in [4.69, 9.17) is 9.47 Å². The van der Waals surface area contributed by atoms with Crippen LogP contribution in [0.25, 0.3) is 0 Å². The van der Waals surface area contributed by atoms with E-state index in [2.05, 4.69) is 0 Å². The van der Waals surface area contributed by atoms with Crippen LogP contribution in [0.3, 0.4) is 0 Å². The highest BCUT2D eigenvalue weighted by molar-refractivity contribution is 5.21. The third kappa shape index (κ3) is 4.76. The van der Waals surface area contributed by atoms with Crippen molar-refractivity contribution in [3.8, 4) is 5.75 Å². The second-order valence-corrected chi connectivity index (χ2v) is 3.08. The number of hydrogen-bond donors (Lipinski definition) is 1. The first kappa shape index (κ1) is 11.9. The summed E-state index contributed by atoms with van der Waals surface area (Å²) in [6, 6.07) is 5.65. The normalized spacial score (nSPS) is 12.5. The molecule has 0 aromatic heterocycles. The van der Waals surface area contributed by atoms with Crippen molar-refractivity contribution in [2.45, 2.75) is 13.0 Å². The minimum atomic E-state index is -0.657. The number of aliphatic hydroxyl groups is 1. The Kier molecular flexibility index (Phi) is 5.07. The lowest BCUT2D eigenvalue weighted by Gasteiger charge is -2.11. The van der Waals surface area contributed by atoms with E-state index in [1.54, 1.807) is 0 Å². The van der Waals surface area contributed by atoms with E-state index in [0.29, 0.717) is 12.4 Å². The number of halogens is 1. The van der Waals surface area contributed by atoms with Crippen LogP contribution >= 0.6 is 0 Å². The van der Waals surface area contributed by atoms with Crippen LogP contribution < -0.4 is 4.74 Å². The molecule has 0 aliphatic rings. The molecule has 15 heavy (non-hydrogen) atoms. The van der Waals surface area contributed by atoms with Gasteiger partial charge in [0.25, 0.3) is 0 Å². The van der Waals surface area contributed by atoms with Crippen LogP contribution in [0.1, 0.15) is 6.92 Å². The second-order valence-electron chi connectivity index (χ2n) is 3.08. The SMILES string of the molecule is CCOCC(O)COc1ccc(F)cc1. The van der Waals surface area contributed by atoms with Crippen LogP contribution in [0.15, 0.2) is 24.3 Å². The zero-order chi connectivity index (χ0) is 11.1. The number of benzene rings is 1. The fraction of sp³-hybridized carbons (Fsp3) is 0.455. The summed E-state index contributed by atoms with van der Waals surface area (Å²) in [5, 5.41) is 9.37. The zero-order valence-corrected chi connectivity index (χ0v) is 8.65. The van der Waals surface area contributed by atoms with Gasteiger partial charge >= 0.3 is 0 Å². The molecule has 1 unspecified atom stereocenters. The fourth-order valence-electron chi connectivity index (χ4n) is 1.03. The molecule has 0 saturated carbocycles. The van der Waals surface area contributed by atoms with Gasteiger partial charge in [-0.3, -0.25) is 0 Å². The first-order chi connectivity index (χ1) is 7.22. The summed E-state index contributed by atoms with van der Waals surface area (Å²) in [4.78, 5) is 0. The van der Waals surface area contributed by atoms with Crippen LogP contribution in [0, 0.1) is 5.82 Å². The summed E-state index contributed by atoms with van der Waals surface area (Å²) in [6.07, 6.45) is -0.657. The summed E-state index contributed by atoms with van der Waals surface area (Å²) < 4.78 is 22.8. The second kappa shape index (κ2) is 6.37. The lowest BCUT2D eigenvalue weighted by molar-refractivity contribution is 0.0164. The Balaban J connectivity index is 2.27. The van der Waals surface area contributed by atoms with Crippen molar-refractivity contribution in [1.29, 1.82) is 0 Å². The molecule has 1 aromatic carbocycles. The van der Waals surface area contributed by atoms with Crippen molar-refractivity contribution in [1.82, 2.24) is 0 Å². The van der Waals surface area contributed by atoms with Crippen LogP contribution in [-0.4, -0.2) is 31.0 Å². The number of hydrogen-bond acceptors (Lipinski definition) is 3. The lowest BCUT2D eigenvalue weighted by Crippen LogP contribution is -2.23. The standard InChI is InChI=1S/C11H15FO3/c1-2-14-7-10(13)8-15-11-5-3-9(12)4-6-11/h3-6,10,13H,2,7-8H2,1H3. The molecular weight excluding hydrogens is 199 g/mol. The largest absolute Gasteiger partial charge is 0.491 e. The molecule has 1 rings (SSSR count). The monoisotopic (exact) mass is 214 g/mol. The number of aliphatic hydroxyl groups excluding tert-OH is 1. The van der Waals surface area contributed by atoms with Gasteiger partial charge in [0, 0.05) is 6.61 Å². The molecule has 0 aliphatic carbocycles. The molecular formula is C11H15FO3. The molecule has 4 heteroatoms. The Hall–Kier alpha value is -1.13. The summed E-state index contributed by atoms with van der Waals surface area (Å²) in [6.45, 7) is 2.81. The topological polar surface area (TPSA) is 38.7 Å². The molecule has 1 aromatic rings. The minimum Gasteiger partial charge on any atom is -0.491 e. The molecule has 0 radical (unpaired) electrons. The van der Waals surface area contributed by atoms with Crippen LogP contribution in [0.2, 0.25) is 0 Å². The molecule has 0 fully saturated rings. The van der Waals surface area contributed by atoms with E-state index in [0.717, 1.165) is 0 Å². The van der Waals surface area contributed by atoms with Crippen molar-refractivity contribution in [3.05, 3.63) is 30.1 Å². The van der Waals surface area contributed by atoms with Gasteiger partial charge in [0.05, 0.1) is 6.61 Å². The first-order valence-electron chi connectivity index (χ1n) is 4.86. The van der Waals surface area contributed by atoms with Crippen molar-refractivity contribution in [3.63, 3.8) is 0 Å². The molecule has 0 spiro atoms. The van der Waals surface area contributed by atoms with E-state index in [1.807, 2.05) is 6.92 Å². The Bertz CT molecular complexity index is 274. The quantitative estimate of drug-likeness (QED) is 0.781. The highest BCUT2D eigenvalue weighted by Gasteiger charge is 2.04. The van der Waals surface area contributed by atoms with E-state index in [1.165, 1.54) is 24.3 Å². The molecule has 3 nitrogen and oxygen atoms in total. The van der Waals surface area contributed by atoms with Crippen molar-refractivity contribution >= 4 is 0 Å². The molecule has 0 bridgehead atoms. The highest BCUT2D eigenvalue weighted by atomic mass is 19.1. The maximum atomic E-state index is 12.5. The molecule has 84 valence electrons. The van der Waals surface area contributed by atoms with E-state index >= 15 is 0 Å². The molecule has 1 atom stereocenters. The smallest absolute Gasteiger partial charge is 0.123 e.